The number of esters is 1. The van der Waals surface area contributed by atoms with E-state index in [1.54, 1.807) is 19.2 Å². The lowest BCUT2D eigenvalue weighted by atomic mass is 10.00. The summed E-state index contributed by atoms with van der Waals surface area (Å²) >= 11 is 0. The second-order valence-electron chi connectivity index (χ2n) is 8.09. The van der Waals surface area contributed by atoms with Crippen molar-refractivity contribution >= 4 is 22.8 Å². The number of rotatable bonds is 9. The van der Waals surface area contributed by atoms with Crippen molar-refractivity contribution in [1.29, 1.82) is 0 Å². The number of nitrogens with one attached hydrogen (secondary N) is 1. The maximum absolute atomic E-state index is 12.2. The van der Waals surface area contributed by atoms with E-state index in [0.29, 0.717) is 22.8 Å². The molecule has 6 heteroatoms. The van der Waals surface area contributed by atoms with E-state index in [4.69, 9.17) is 13.9 Å². The molecule has 164 valence electrons. The minimum absolute atomic E-state index is 0.0273. The van der Waals surface area contributed by atoms with E-state index in [-0.39, 0.29) is 25.0 Å². The molecule has 1 atom stereocenters. The van der Waals surface area contributed by atoms with Crippen LogP contribution in [0.15, 0.2) is 53.1 Å². The monoisotopic (exact) mass is 423 g/mol. The third kappa shape index (κ3) is 6.10. The van der Waals surface area contributed by atoms with Crippen molar-refractivity contribution in [3.05, 3.63) is 65.4 Å². The molecular formula is C25H29NO5. The van der Waals surface area contributed by atoms with Crippen molar-refractivity contribution in [2.75, 3.05) is 13.7 Å². The number of hydrogen-bond acceptors (Lipinski definition) is 5. The summed E-state index contributed by atoms with van der Waals surface area (Å²) < 4.78 is 15.8. The summed E-state index contributed by atoms with van der Waals surface area (Å²) in [6.45, 7) is 5.95. The van der Waals surface area contributed by atoms with Gasteiger partial charge >= 0.3 is 5.97 Å². The molecule has 6 nitrogen and oxygen atoms in total. The SMILES string of the molecule is COc1ccc2c(CC(=O)OCC(=O)N[C@@H](C)c3ccc(CC(C)C)cc3)coc2c1. The maximum Gasteiger partial charge on any atom is 0.310 e. The van der Waals surface area contributed by atoms with Crippen molar-refractivity contribution < 1.29 is 23.5 Å². The fraction of sp³-hybridized carbons (Fsp3) is 0.360. The van der Waals surface area contributed by atoms with E-state index in [2.05, 4.69) is 31.3 Å². The van der Waals surface area contributed by atoms with Crippen molar-refractivity contribution in [1.82, 2.24) is 5.32 Å². The molecule has 31 heavy (non-hydrogen) atoms. The van der Waals surface area contributed by atoms with Crippen LogP contribution >= 0.6 is 0 Å². The van der Waals surface area contributed by atoms with Crippen LogP contribution in [0.1, 0.15) is 43.5 Å². The first-order valence-corrected chi connectivity index (χ1v) is 10.4. The first-order valence-electron chi connectivity index (χ1n) is 10.4. The number of carbonyl (C=O) groups is 2. The molecule has 0 saturated heterocycles. The van der Waals surface area contributed by atoms with Crippen LogP contribution in [-0.4, -0.2) is 25.6 Å². The number of hydrogen-bond donors (Lipinski definition) is 1. The van der Waals surface area contributed by atoms with Crippen molar-refractivity contribution in [2.24, 2.45) is 5.92 Å². The Hall–Kier alpha value is -3.28. The summed E-state index contributed by atoms with van der Waals surface area (Å²) in [5.74, 6) is 0.449. The standard InChI is InChI=1S/C25H29NO5/c1-16(2)11-18-5-7-19(8-6-18)17(3)26-24(27)15-31-25(28)12-20-14-30-23-13-21(29-4)9-10-22(20)23/h5-10,13-14,16-17H,11-12,15H2,1-4H3,(H,26,27)/t17-/m0/s1. The fourth-order valence-electron chi connectivity index (χ4n) is 3.46. The van der Waals surface area contributed by atoms with E-state index in [1.807, 2.05) is 25.1 Å². The van der Waals surface area contributed by atoms with Gasteiger partial charge in [-0.25, -0.2) is 0 Å². The van der Waals surface area contributed by atoms with Crippen LogP contribution in [0.3, 0.4) is 0 Å². The Balaban J connectivity index is 1.48. The van der Waals surface area contributed by atoms with Crippen LogP contribution < -0.4 is 10.1 Å². The van der Waals surface area contributed by atoms with Gasteiger partial charge in [-0.2, -0.15) is 0 Å². The molecule has 1 aromatic heterocycles. The van der Waals surface area contributed by atoms with Gasteiger partial charge in [0.25, 0.3) is 5.91 Å². The van der Waals surface area contributed by atoms with Crippen LogP contribution in [0.25, 0.3) is 11.0 Å². The molecule has 0 spiro atoms. The first kappa shape index (κ1) is 22.4. The molecule has 1 N–H and O–H groups in total. The molecule has 0 aliphatic carbocycles. The van der Waals surface area contributed by atoms with Gasteiger partial charge in [-0.1, -0.05) is 38.1 Å². The average molecular weight is 424 g/mol. The van der Waals surface area contributed by atoms with E-state index in [1.165, 1.54) is 11.8 Å². The molecule has 0 saturated carbocycles. The molecular weight excluding hydrogens is 394 g/mol. The lowest BCUT2D eigenvalue weighted by molar-refractivity contribution is -0.148. The Kier molecular flexibility index (Phi) is 7.34. The average Bonchev–Trinajstić information content (AvgIpc) is 3.14. The van der Waals surface area contributed by atoms with Crippen LogP contribution in [0.4, 0.5) is 0 Å². The van der Waals surface area contributed by atoms with Crippen molar-refractivity contribution in [3.8, 4) is 5.75 Å². The molecule has 3 rings (SSSR count). The highest BCUT2D eigenvalue weighted by Crippen LogP contribution is 2.26. The molecule has 0 bridgehead atoms. The van der Waals surface area contributed by atoms with E-state index >= 15 is 0 Å². The maximum atomic E-state index is 12.2. The normalized spacial score (nSPS) is 12.0. The molecule has 0 unspecified atom stereocenters. The zero-order valence-corrected chi connectivity index (χ0v) is 18.4. The highest BCUT2D eigenvalue weighted by atomic mass is 16.5. The van der Waals surface area contributed by atoms with Gasteiger partial charge in [0, 0.05) is 17.0 Å². The predicted octanol–water partition coefficient (Wildman–Crippen LogP) is 4.60. The summed E-state index contributed by atoms with van der Waals surface area (Å²) in [6, 6.07) is 13.4. The molecule has 1 heterocycles. The Labute approximate surface area is 182 Å². The topological polar surface area (TPSA) is 77.8 Å². The van der Waals surface area contributed by atoms with Gasteiger partial charge < -0.3 is 19.2 Å². The van der Waals surface area contributed by atoms with Crippen LogP contribution in [0.2, 0.25) is 0 Å². The highest BCUT2D eigenvalue weighted by molar-refractivity contribution is 5.87. The number of methoxy groups -OCH3 is 1. The van der Waals surface area contributed by atoms with Crippen LogP contribution in [-0.2, 0) is 27.2 Å². The quantitative estimate of drug-likeness (QED) is 0.509. The highest BCUT2D eigenvalue weighted by Gasteiger charge is 2.15. The van der Waals surface area contributed by atoms with Gasteiger partial charge in [-0.15, -0.1) is 0 Å². The Morgan fingerprint density at radius 2 is 1.81 bits per heavy atom. The van der Waals surface area contributed by atoms with E-state index in [9.17, 15) is 9.59 Å². The van der Waals surface area contributed by atoms with Crippen LogP contribution in [0.5, 0.6) is 5.75 Å². The van der Waals surface area contributed by atoms with Gasteiger partial charge in [0.2, 0.25) is 0 Å². The summed E-state index contributed by atoms with van der Waals surface area (Å²) in [5, 5.41) is 3.68. The Morgan fingerprint density at radius 3 is 2.48 bits per heavy atom. The third-order valence-electron chi connectivity index (χ3n) is 5.06. The molecule has 0 aliphatic rings. The number of carbonyl (C=O) groups excluding carboxylic acids is 2. The number of fused-ring (bicyclic) bond motifs is 1. The Morgan fingerprint density at radius 1 is 1.06 bits per heavy atom. The fourth-order valence-corrected chi connectivity index (χ4v) is 3.46. The summed E-state index contributed by atoms with van der Waals surface area (Å²) in [4.78, 5) is 24.4. The minimum atomic E-state index is -0.487. The van der Waals surface area contributed by atoms with E-state index < -0.39 is 5.97 Å². The third-order valence-corrected chi connectivity index (χ3v) is 5.06. The lowest BCUT2D eigenvalue weighted by Gasteiger charge is -2.15. The van der Waals surface area contributed by atoms with Gasteiger partial charge in [-0.3, -0.25) is 9.59 Å². The molecule has 1 amide bonds. The summed E-state index contributed by atoms with van der Waals surface area (Å²) in [6.07, 6.45) is 2.58. The molecule has 3 aromatic rings. The van der Waals surface area contributed by atoms with Gasteiger partial charge in [-0.05, 0) is 42.5 Å². The Bertz CT molecular complexity index is 1040. The second kappa shape index (κ2) is 10.2. The summed E-state index contributed by atoms with van der Waals surface area (Å²) in [7, 11) is 1.58. The lowest BCUT2D eigenvalue weighted by Crippen LogP contribution is -2.31. The van der Waals surface area contributed by atoms with E-state index in [0.717, 1.165) is 17.4 Å². The summed E-state index contributed by atoms with van der Waals surface area (Å²) in [5.41, 5.74) is 3.62. The molecule has 0 radical (unpaired) electrons. The van der Waals surface area contributed by atoms with Crippen molar-refractivity contribution in [3.63, 3.8) is 0 Å². The minimum Gasteiger partial charge on any atom is -0.497 e. The molecule has 2 aromatic carbocycles. The van der Waals surface area contributed by atoms with Gasteiger partial charge in [0.1, 0.15) is 11.3 Å². The number of furan rings is 1. The van der Waals surface area contributed by atoms with Gasteiger partial charge in [0.15, 0.2) is 6.61 Å². The number of amides is 1. The second-order valence-corrected chi connectivity index (χ2v) is 8.09. The zero-order chi connectivity index (χ0) is 22.4. The number of ether oxygens (including phenoxy) is 2. The predicted molar refractivity (Wildman–Crippen MR) is 119 cm³/mol. The smallest absolute Gasteiger partial charge is 0.310 e. The van der Waals surface area contributed by atoms with Gasteiger partial charge in [0.05, 0.1) is 25.8 Å². The molecule has 0 aliphatic heterocycles. The number of benzene rings is 2. The zero-order valence-electron chi connectivity index (χ0n) is 18.4. The molecule has 0 fully saturated rings. The largest absolute Gasteiger partial charge is 0.497 e. The van der Waals surface area contributed by atoms with Crippen LogP contribution in [0, 0.1) is 5.92 Å². The van der Waals surface area contributed by atoms with Crippen molar-refractivity contribution in [2.45, 2.75) is 39.7 Å². The first-order chi connectivity index (χ1) is 14.9.